The molecule has 5 heteroatoms. The number of nitrogens with two attached hydrogens (primary N) is 1. The molecular formula is C10H18N4O. The lowest BCUT2D eigenvalue weighted by Gasteiger charge is -2.34. The fourth-order valence-corrected chi connectivity index (χ4v) is 2.32. The van der Waals surface area contributed by atoms with Gasteiger partial charge >= 0.3 is 0 Å². The molecule has 2 rings (SSSR count). The highest BCUT2D eigenvalue weighted by molar-refractivity contribution is 4.97. The maximum atomic E-state index is 10.4. The first kappa shape index (κ1) is 10.6. The first-order valence-electron chi connectivity index (χ1n) is 5.40. The Morgan fingerprint density at radius 2 is 2.53 bits per heavy atom. The van der Waals surface area contributed by atoms with E-state index in [2.05, 4.69) is 10.1 Å². The molecule has 5 nitrogen and oxygen atoms in total. The summed E-state index contributed by atoms with van der Waals surface area (Å²) in [6.45, 7) is 0. The molecule has 0 aromatic carbocycles. The van der Waals surface area contributed by atoms with Crippen LogP contribution in [0.25, 0.3) is 0 Å². The van der Waals surface area contributed by atoms with Gasteiger partial charge in [0.05, 0.1) is 5.60 Å². The molecule has 84 valence electrons. The minimum atomic E-state index is -0.682. The molecule has 1 aromatic rings. The molecule has 1 aliphatic carbocycles. The number of hydrogen-bond donors (Lipinski definition) is 2. The molecule has 0 saturated heterocycles. The van der Waals surface area contributed by atoms with Gasteiger partial charge in [-0.1, -0.05) is 0 Å². The van der Waals surface area contributed by atoms with Crippen molar-refractivity contribution in [3.8, 4) is 0 Å². The van der Waals surface area contributed by atoms with Gasteiger partial charge in [-0.15, -0.1) is 0 Å². The maximum Gasteiger partial charge on any atom is 0.138 e. The second kappa shape index (κ2) is 3.90. The summed E-state index contributed by atoms with van der Waals surface area (Å²) in [5.41, 5.74) is 5.19. The first-order valence-corrected chi connectivity index (χ1v) is 5.40. The highest BCUT2D eigenvalue weighted by Gasteiger charge is 2.34. The Morgan fingerprint density at radius 1 is 1.73 bits per heavy atom. The monoisotopic (exact) mass is 210 g/mol. The van der Waals surface area contributed by atoms with Crippen molar-refractivity contribution in [2.75, 3.05) is 0 Å². The van der Waals surface area contributed by atoms with E-state index in [0.29, 0.717) is 12.8 Å². The molecule has 1 fully saturated rings. The van der Waals surface area contributed by atoms with Crippen LogP contribution >= 0.6 is 0 Å². The molecule has 1 saturated carbocycles. The van der Waals surface area contributed by atoms with E-state index >= 15 is 0 Å². The molecule has 3 N–H and O–H groups in total. The third-order valence-electron chi connectivity index (χ3n) is 3.15. The van der Waals surface area contributed by atoms with Gasteiger partial charge in [0, 0.05) is 19.5 Å². The zero-order valence-electron chi connectivity index (χ0n) is 9.06. The van der Waals surface area contributed by atoms with Crippen LogP contribution in [-0.4, -0.2) is 31.5 Å². The van der Waals surface area contributed by atoms with Crippen LogP contribution in [0.4, 0.5) is 0 Å². The van der Waals surface area contributed by atoms with Crippen molar-refractivity contribution in [2.24, 2.45) is 12.8 Å². The van der Waals surface area contributed by atoms with Crippen LogP contribution in [0, 0.1) is 0 Å². The van der Waals surface area contributed by atoms with Crippen LogP contribution in [0.3, 0.4) is 0 Å². The quantitative estimate of drug-likeness (QED) is 0.719. The fraction of sp³-hybridized carbons (Fsp3) is 0.800. The van der Waals surface area contributed by atoms with E-state index in [1.807, 2.05) is 7.05 Å². The molecule has 0 aliphatic heterocycles. The van der Waals surface area contributed by atoms with Crippen molar-refractivity contribution in [3.05, 3.63) is 12.2 Å². The van der Waals surface area contributed by atoms with E-state index in [1.54, 1.807) is 4.68 Å². The minimum Gasteiger partial charge on any atom is -0.389 e. The van der Waals surface area contributed by atoms with Crippen LogP contribution in [0.1, 0.15) is 31.5 Å². The number of rotatable bonds is 2. The Balaban J connectivity index is 2.07. The van der Waals surface area contributed by atoms with E-state index in [0.717, 1.165) is 25.1 Å². The molecule has 2 atom stereocenters. The molecule has 0 amide bonds. The average molecular weight is 210 g/mol. The topological polar surface area (TPSA) is 77.0 Å². The van der Waals surface area contributed by atoms with Crippen molar-refractivity contribution < 1.29 is 5.11 Å². The standard InChI is InChI=1S/C10H18N4O/c1-14-9(12-7-13-14)6-10(15)4-2-3-8(11)5-10/h7-8,15H,2-6,11H2,1H3. The molecule has 2 unspecified atom stereocenters. The van der Waals surface area contributed by atoms with Gasteiger partial charge in [0.2, 0.25) is 0 Å². The van der Waals surface area contributed by atoms with Gasteiger partial charge in [0.1, 0.15) is 12.2 Å². The lowest BCUT2D eigenvalue weighted by molar-refractivity contribution is -0.00423. The van der Waals surface area contributed by atoms with Gasteiger partial charge in [-0.2, -0.15) is 5.10 Å². The van der Waals surface area contributed by atoms with E-state index in [4.69, 9.17) is 5.73 Å². The van der Waals surface area contributed by atoms with Crippen molar-refractivity contribution in [2.45, 2.75) is 43.7 Å². The van der Waals surface area contributed by atoms with Crippen LogP contribution in [0.5, 0.6) is 0 Å². The van der Waals surface area contributed by atoms with Crippen LogP contribution in [0.2, 0.25) is 0 Å². The second-order valence-electron chi connectivity index (χ2n) is 4.56. The smallest absolute Gasteiger partial charge is 0.138 e. The highest BCUT2D eigenvalue weighted by atomic mass is 16.3. The number of nitrogens with zero attached hydrogens (tertiary/aromatic N) is 3. The van der Waals surface area contributed by atoms with Gasteiger partial charge < -0.3 is 10.8 Å². The first-order chi connectivity index (χ1) is 7.09. The molecule has 1 heterocycles. The number of aliphatic hydroxyl groups is 1. The Labute approximate surface area is 89.3 Å². The summed E-state index contributed by atoms with van der Waals surface area (Å²) in [4.78, 5) is 4.13. The summed E-state index contributed by atoms with van der Waals surface area (Å²) < 4.78 is 1.71. The average Bonchev–Trinajstić information content (AvgIpc) is 2.50. The van der Waals surface area contributed by atoms with Crippen LogP contribution < -0.4 is 5.73 Å². The molecular weight excluding hydrogens is 192 g/mol. The SMILES string of the molecule is Cn1ncnc1CC1(O)CCCC(N)C1. The summed E-state index contributed by atoms with van der Waals surface area (Å²) in [6.07, 6.45) is 5.56. The van der Waals surface area contributed by atoms with E-state index in [9.17, 15) is 5.11 Å². The van der Waals surface area contributed by atoms with Gasteiger partial charge in [-0.3, -0.25) is 4.68 Å². The number of hydrogen-bond acceptors (Lipinski definition) is 4. The highest BCUT2D eigenvalue weighted by Crippen LogP contribution is 2.29. The van der Waals surface area contributed by atoms with Gasteiger partial charge in [-0.25, -0.2) is 4.98 Å². The summed E-state index contributed by atoms with van der Waals surface area (Å²) >= 11 is 0. The molecule has 0 spiro atoms. The maximum absolute atomic E-state index is 10.4. The van der Waals surface area contributed by atoms with Gasteiger partial charge in [0.15, 0.2) is 0 Å². The normalized spacial score (nSPS) is 31.8. The number of aromatic nitrogens is 3. The summed E-state index contributed by atoms with van der Waals surface area (Å²) in [7, 11) is 1.84. The van der Waals surface area contributed by atoms with Gasteiger partial charge in [0.25, 0.3) is 0 Å². The van der Waals surface area contributed by atoms with E-state index in [1.165, 1.54) is 6.33 Å². The summed E-state index contributed by atoms with van der Waals surface area (Å²) in [5.74, 6) is 0.826. The van der Waals surface area contributed by atoms with E-state index in [-0.39, 0.29) is 6.04 Å². The molecule has 1 aliphatic rings. The lowest BCUT2D eigenvalue weighted by atomic mass is 9.80. The van der Waals surface area contributed by atoms with E-state index < -0.39 is 5.60 Å². The lowest BCUT2D eigenvalue weighted by Crippen LogP contribution is -2.43. The molecule has 1 aromatic heterocycles. The van der Waals surface area contributed by atoms with Crippen molar-refractivity contribution in [1.29, 1.82) is 0 Å². The third kappa shape index (κ3) is 2.35. The fourth-order valence-electron chi connectivity index (χ4n) is 2.32. The second-order valence-corrected chi connectivity index (χ2v) is 4.56. The third-order valence-corrected chi connectivity index (χ3v) is 3.15. The summed E-state index contributed by atoms with van der Waals surface area (Å²) in [6, 6.07) is 0.122. The predicted molar refractivity (Wildman–Crippen MR) is 56.1 cm³/mol. The largest absolute Gasteiger partial charge is 0.389 e. The number of aryl methyl sites for hydroxylation is 1. The molecule has 15 heavy (non-hydrogen) atoms. The summed E-state index contributed by atoms with van der Waals surface area (Å²) in [5, 5.41) is 14.4. The Hall–Kier alpha value is -0.940. The predicted octanol–water partition coefficient (Wildman–Crippen LogP) is -0.01000. The Morgan fingerprint density at radius 3 is 3.13 bits per heavy atom. The molecule has 0 bridgehead atoms. The zero-order valence-corrected chi connectivity index (χ0v) is 9.06. The van der Waals surface area contributed by atoms with Crippen molar-refractivity contribution in [3.63, 3.8) is 0 Å². The van der Waals surface area contributed by atoms with Crippen LogP contribution in [-0.2, 0) is 13.5 Å². The Bertz CT molecular complexity index is 338. The zero-order chi connectivity index (χ0) is 10.9. The van der Waals surface area contributed by atoms with Crippen molar-refractivity contribution >= 4 is 0 Å². The van der Waals surface area contributed by atoms with Gasteiger partial charge in [-0.05, 0) is 25.7 Å². The van der Waals surface area contributed by atoms with Crippen molar-refractivity contribution in [1.82, 2.24) is 14.8 Å². The minimum absolute atomic E-state index is 0.122. The van der Waals surface area contributed by atoms with Crippen LogP contribution in [0.15, 0.2) is 6.33 Å². The molecule has 0 radical (unpaired) electrons. The Kier molecular flexibility index (Phi) is 2.75.